The second-order valence-electron chi connectivity index (χ2n) is 14.1. The van der Waals surface area contributed by atoms with E-state index in [-0.39, 0.29) is 56.1 Å². The topological polar surface area (TPSA) is 70.5 Å². The summed E-state index contributed by atoms with van der Waals surface area (Å²) in [4.78, 5) is 0. The molecule has 0 amide bonds. The van der Waals surface area contributed by atoms with E-state index in [0.717, 1.165) is 36.4 Å². The first-order valence-electron chi connectivity index (χ1n) is 15.7. The summed E-state index contributed by atoms with van der Waals surface area (Å²) < 4.78 is 103. The van der Waals surface area contributed by atoms with Gasteiger partial charge in [-0.25, -0.2) is 0 Å². The molecule has 2 rings (SSSR count). The highest BCUT2D eigenvalue weighted by Gasteiger charge is 2.72. The molecule has 0 heterocycles. The number of nitrogen functional groups attached to an aromatic ring is 2. The lowest BCUT2D eigenvalue weighted by Crippen LogP contribution is -2.55. The van der Waals surface area contributed by atoms with Crippen LogP contribution in [0.4, 0.5) is 37.7 Å². The van der Waals surface area contributed by atoms with E-state index < -0.39 is 45.5 Å². The van der Waals surface area contributed by atoms with Crippen LogP contribution in [0.25, 0.3) is 0 Å². The highest BCUT2D eigenvalue weighted by molar-refractivity contribution is 6.78. The van der Waals surface area contributed by atoms with Crippen LogP contribution in [0.3, 0.4) is 0 Å². The average molecular weight is 679 g/mol. The Labute approximate surface area is 267 Å². The SMILES string of the molecule is CC(C)[Si](Oc1ccc(C(c2ccc(O[Si](C(C)C)(C(C)C)C(C)C)c(N)c2)(C(F)(F)F)C(F)(F)F)cc1N)(C(C)C)C(C)C. The normalized spacial score (nSPS) is 14.0. The minimum atomic E-state index is -5.80. The van der Waals surface area contributed by atoms with Crippen molar-refractivity contribution in [2.75, 3.05) is 11.5 Å². The van der Waals surface area contributed by atoms with Crippen molar-refractivity contribution >= 4 is 28.0 Å². The number of alkyl halides is 6. The van der Waals surface area contributed by atoms with E-state index in [0.29, 0.717) is 0 Å². The van der Waals surface area contributed by atoms with E-state index in [1.165, 1.54) is 0 Å². The van der Waals surface area contributed by atoms with Gasteiger partial charge >= 0.3 is 12.4 Å². The van der Waals surface area contributed by atoms with Gasteiger partial charge in [0.25, 0.3) is 16.6 Å². The van der Waals surface area contributed by atoms with E-state index >= 15 is 26.3 Å². The van der Waals surface area contributed by atoms with Crippen molar-refractivity contribution in [3.05, 3.63) is 47.5 Å². The Bertz CT molecular complexity index is 1160. The number of rotatable bonds is 12. The minimum Gasteiger partial charge on any atom is -0.541 e. The molecule has 4 nitrogen and oxygen atoms in total. The number of halogens is 6. The maximum absolute atomic E-state index is 15.0. The molecular formula is C33H52F6N2O2Si2. The first kappa shape index (κ1) is 38.8. The Kier molecular flexibility index (Phi) is 11.6. The highest BCUT2D eigenvalue weighted by atomic mass is 28.4. The lowest BCUT2D eigenvalue weighted by molar-refractivity contribution is -0.288. The van der Waals surface area contributed by atoms with Crippen LogP contribution in [0.5, 0.6) is 11.5 Å². The molecule has 0 radical (unpaired) electrons. The van der Waals surface area contributed by atoms with Gasteiger partial charge in [-0.2, -0.15) is 26.3 Å². The lowest BCUT2D eigenvalue weighted by Gasteiger charge is -2.43. The summed E-state index contributed by atoms with van der Waals surface area (Å²) in [6.45, 7) is 24.2. The number of hydrogen-bond acceptors (Lipinski definition) is 4. The van der Waals surface area contributed by atoms with Crippen LogP contribution >= 0.6 is 0 Å². The molecule has 2 aromatic carbocycles. The quantitative estimate of drug-likeness (QED) is 0.133. The standard InChI is InChI=1S/C33H52F6N2O2Si2/c1-19(2)44(20(3)4,21(5)6)42-29-15-13-25(17-27(29)40)31(32(34,35)36,33(37,38)39)26-14-16-30(28(41)18-26)43-45(22(7)8,23(9)10)24(11)12/h13-24H,40-41H2,1-12H3. The van der Waals surface area contributed by atoms with Gasteiger partial charge in [-0.1, -0.05) is 95.2 Å². The molecule has 0 unspecified atom stereocenters. The second-order valence-corrected chi connectivity index (χ2v) is 24.8. The molecule has 256 valence electrons. The van der Waals surface area contributed by atoms with Crippen LogP contribution in [0, 0.1) is 0 Å². The molecule has 0 saturated heterocycles. The maximum Gasteiger partial charge on any atom is 0.411 e. The summed E-state index contributed by atoms with van der Waals surface area (Å²) >= 11 is 0. The number of benzene rings is 2. The largest absolute Gasteiger partial charge is 0.541 e. The summed E-state index contributed by atoms with van der Waals surface area (Å²) in [7, 11) is -5.22. The average Bonchev–Trinajstić information content (AvgIpc) is 2.85. The van der Waals surface area contributed by atoms with Crippen LogP contribution < -0.4 is 20.3 Å². The molecule has 0 bridgehead atoms. The third-order valence-corrected chi connectivity index (χ3v) is 21.7. The van der Waals surface area contributed by atoms with Gasteiger partial charge in [-0.05, 0) is 68.6 Å². The molecule has 45 heavy (non-hydrogen) atoms. The van der Waals surface area contributed by atoms with E-state index in [2.05, 4.69) is 0 Å². The van der Waals surface area contributed by atoms with Crippen LogP contribution in [-0.4, -0.2) is 29.0 Å². The Morgan fingerprint density at radius 2 is 0.733 bits per heavy atom. The Morgan fingerprint density at radius 1 is 0.489 bits per heavy atom. The fourth-order valence-corrected chi connectivity index (χ4v) is 18.4. The van der Waals surface area contributed by atoms with Gasteiger partial charge in [-0.3, -0.25) is 0 Å². The first-order chi connectivity index (χ1) is 20.3. The summed E-state index contributed by atoms with van der Waals surface area (Å²) in [5.74, 6) is 0.167. The number of nitrogens with two attached hydrogens (primary N) is 2. The van der Waals surface area contributed by atoms with E-state index in [9.17, 15) is 0 Å². The van der Waals surface area contributed by atoms with Crippen molar-refractivity contribution in [2.24, 2.45) is 0 Å². The van der Waals surface area contributed by atoms with Gasteiger partial charge in [0, 0.05) is 0 Å². The van der Waals surface area contributed by atoms with Crippen molar-refractivity contribution in [3.63, 3.8) is 0 Å². The van der Waals surface area contributed by atoms with Crippen LogP contribution in [0.1, 0.15) is 94.2 Å². The number of anilines is 2. The molecular weight excluding hydrogens is 627 g/mol. The maximum atomic E-state index is 15.0. The van der Waals surface area contributed by atoms with Gasteiger partial charge < -0.3 is 20.3 Å². The predicted octanol–water partition coefficient (Wildman–Crippen LogP) is 11.4. The molecule has 0 aliphatic carbocycles. The van der Waals surface area contributed by atoms with Gasteiger partial charge in [-0.15, -0.1) is 0 Å². The van der Waals surface area contributed by atoms with E-state index in [1.807, 2.05) is 83.1 Å². The highest BCUT2D eigenvalue weighted by Crippen LogP contribution is 2.58. The summed E-state index contributed by atoms with van der Waals surface area (Å²) in [5, 5.41) is 0. The number of hydrogen-bond donors (Lipinski definition) is 2. The molecule has 0 aliphatic heterocycles. The molecule has 0 fully saturated rings. The molecule has 2 aromatic rings. The van der Waals surface area contributed by atoms with Crippen LogP contribution in [0.15, 0.2) is 36.4 Å². The zero-order chi connectivity index (χ0) is 35.1. The van der Waals surface area contributed by atoms with Crippen LogP contribution in [0.2, 0.25) is 33.2 Å². The summed E-state index contributed by atoms with van der Waals surface area (Å²) in [6.07, 6.45) is -11.6. The fraction of sp³-hybridized carbons (Fsp3) is 0.636. The molecule has 0 aromatic heterocycles. The Morgan fingerprint density at radius 3 is 0.911 bits per heavy atom. The third-order valence-electron chi connectivity index (χ3n) is 9.72. The fourth-order valence-electron chi connectivity index (χ4n) is 7.82. The Balaban J connectivity index is 2.84. The Hall–Kier alpha value is -2.35. The van der Waals surface area contributed by atoms with Gasteiger partial charge in [0.15, 0.2) is 0 Å². The van der Waals surface area contributed by atoms with Crippen molar-refractivity contribution in [3.8, 4) is 11.5 Å². The molecule has 0 saturated carbocycles. The molecule has 4 N–H and O–H groups in total. The van der Waals surface area contributed by atoms with Gasteiger partial charge in [0.2, 0.25) is 5.41 Å². The summed E-state index contributed by atoms with van der Waals surface area (Å²) in [5.41, 5.74) is 5.94. The molecule has 0 spiro atoms. The van der Waals surface area contributed by atoms with Crippen LogP contribution in [-0.2, 0) is 5.41 Å². The zero-order valence-electron chi connectivity index (χ0n) is 28.7. The second kappa shape index (κ2) is 13.4. The smallest absolute Gasteiger partial charge is 0.411 e. The zero-order valence-corrected chi connectivity index (χ0v) is 30.7. The van der Waals surface area contributed by atoms with Gasteiger partial charge in [0.05, 0.1) is 11.4 Å². The van der Waals surface area contributed by atoms with Crippen molar-refractivity contribution in [1.29, 1.82) is 0 Å². The van der Waals surface area contributed by atoms with Crippen molar-refractivity contribution in [1.82, 2.24) is 0 Å². The lowest BCUT2D eigenvalue weighted by atomic mass is 9.72. The monoisotopic (exact) mass is 678 g/mol. The molecule has 12 heteroatoms. The van der Waals surface area contributed by atoms with Crippen molar-refractivity contribution in [2.45, 2.75) is 134 Å². The van der Waals surface area contributed by atoms with E-state index in [4.69, 9.17) is 20.3 Å². The predicted molar refractivity (Wildman–Crippen MR) is 178 cm³/mol. The van der Waals surface area contributed by atoms with E-state index in [1.54, 1.807) is 0 Å². The molecule has 0 atom stereocenters. The van der Waals surface area contributed by atoms with Crippen molar-refractivity contribution < 1.29 is 35.2 Å². The minimum absolute atomic E-state index is 0.0837. The third kappa shape index (κ3) is 6.60. The first-order valence-corrected chi connectivity index (χ1v) is 19.9. The summed E-state index contributed by atoms with van der Waals surface area (Å²) in [6, 6.07) is 5.40. The molecule has 0 aliphatic rings. The van der Waals surface area contributed by atoms with Gasteiger partial charge in [0.1, 0.15) is 11.5 Å².